The van der Waals surface area contributed by atoms with Crippen molar-refractivity contribution in [3.05, 3.63) is 42.1 Å². The lowest BCUT2D eigenvalue weighted by Gasteiger charge is -2.35. The van der Waals surface area contributed by atoms with Crippen LogP contribution in [0.1, 0.15) is 37.7 Å². The zero-order valence-corrected chi connectivity index (χ0v) is 18.8. The van der Waals surface area contributed by atoms with Gasteiger partial charge in [0.1, 0.15) is 23.0 Å². The van der Waals surface area contributed by atoms with Crippen molar-refractivity contribution in [1.82, 2.24) is 19.4 Å². The lowest BCUT2D eigenvalue weighted by Crippen LogP contribution is -2.42. The van der Waals surface area contributed by atoms with Gasteiger partial charge in [-0.2, -0.15) is 0 Å². The molecule has 3 aromatic heterocycles. The molecule has 0 spiro atoms. The van der Waals surface area contributed by atoms with Crippen molar-refractivity contribution in [1.29, 1.82) is 0 Å². The summed E-state index contributed by atoms with van der Waals surface area (Å²) in [7, 11) is -2.16. The standard InChI is InChI=1S/C22H27FN6OS/c1-14-8-16(27-31(2,3)30)12-28(11-14)20-6-7-24-22(26-20)19-10-25-21-9-18(23)17(13-29(19)21)15-4-5-15/h6-7,9-10,13-16H,4-5,8,11-12H2,1-3H3/t14-,16+/m1/s1. The number of piperidine rings is 1. The highest BCUT2D eigenvalue weighted by atomic mass is 32.2. The summed E-state index contributed by atoms with van der Waals surface area (Å²) in [6.45, 7) is 3.73. The second-order valence-electron chi connectivity index (χ2n) is 9.15. The molecule has 31 heavy (non-hydrogen) atoms. The first-order valence-corrected chi connectivity index (χ1v) is 13.0. The van der Waals surface area contributed by atoms with Gasteiger partial charge in [0.15, 0.2) is 5.82 Å². The molecule has 164 valence electrons. The Balaban J connectivity index is 1.49. The van der Waals surface area contributed by atoms with Crippen LogP contribution in [0.25, 0.3) is 17.2 Å². The SMILES string of the molecule is C[C@@H]1C[C@H](N=S(C)(C)=O)CN(c2ccnc(-c3cnc4cc(F)c(C5CC5)cn34)n2)C1. The summed E-state index contributed by atoms with van der Waals surface area (Å²) in [5, 5.41) is 0. The Morgan fingerprint density at radius 1 is 1.23 bits per heavy atom. The summed E-state index contributed by atoms with van der Waals surface area (Å²) in [5.74, 6) is 1.90. The minimum atomic E-state index is -2.16. The van der Waals surface area contributed by atoms with Gasteiger partial charge in [0.25, 0.3) is 0 Å². The molecule has 2 atom stereocenters. The number of rotatable bonds is 4. The number of aromatic nitrogens is 4. The summed E-state index contributed by atoms with van der Waals surface area (Å²) in [5.41, 5.74) is 2.03. The monoisotopic (exact) mass is 442 g/mol. The number of halogens is 1. The highest BCUT2D eigenvalue weighted by Crippen LogP contribution is 2.41. The predicted octanol–water partition coefficient (Wildman–Crippen LogP) is 3.75. The third-order valence-electron chi connectivity index (χ3n) is 5.88. The van der Waals surface area contributed by atoms with Gasteiger partial charge in [-0.3, -0.25) is 8.61 Å². The molecule has 0 radical (unpaired) electrons. The molecule has 0 amide bonds. The van der Waals surface area contributed by atoms with Crippen LogP contribution in [0.15, 0.2) is 35.1 Å². The summed E-state index contributed by atoms with van der Waals surface area (Å²) < 4.78 is 33.0. The van der Waals surface area contributed by atoms with Crippen LogP contribution in [0.3, 0.4) is 0 Å². The van der Waals surface area contributed by atoms with E-state index < -0.39 is 9.73 Å². The fourth-order valence-electron chi connectivity index (χ4n) is 4.47. The Hall–Kier alpha value is -2.55. The number of pyridine rings is 1. The molecule has 1 saturated carbocycles. The maximum absolute atomic E-state index is 14.4. The average Bonchev–Trinajstić information content (AvgIpc) is 3.45. The Kier molecular flexibility index (Phi) is 4.96. The van der Waals surface area contributed by atoms with Crippen molar-refractivity contribution >= 4 is 21.2 Å². The van der Waals surface area contributed by atoms with Crippen molar-refractivity contribution in [3.63, 3.8) is 0 Å². The molecule has 0 aromatic carbocycles. The van der Waals surface area contributed by atoms with Gasteiger partial charge < -0.3 is 4.90 Å². The molecule has 5 rings (SSSR count). The Labute approximate surface area is 181 Å². The minimum absolute atomic E-state index is 0.0181. The minimum Gasteiger partial charge on any atom is -0.354 e. The predicted molar refractivity (Wildman–Crippen MR) is 120 cm³/mol. The van der Waals surface area contributed by atoms with Gasteiger partial charge in [0, 0.05) is 59.4 Å². The van der Waals surface area contributed by atoms with Crippen LogP contribution in [-0.4, -0.2) is 55.2 Å². The molecule has 2 fully saturated rings. The molecule has 1 saturated heterocycles. The quantitative estimate of drug-likeness (QED) is 0.615. The van der Waals surface area contributed by atoms with Crippen LogP contribution in [0.4, 0.5) is 10.2 Å². The van der Waals surface area contributed by atoms with E-state index in [1.165, 1.54) is 6.07 Å². The van der Waals surface area contributed by atoms with Crippen LogP contribution >= 0.6 is 0 Å². The molecule has 4 heterocycles. The fraction of sp³-hybridized carbons (Fsp3) is 0.500. The van der Waals surface area contributed by atoms with Crippen LogP contribution in [0, 0.1) is 11.7 Å². The van der Waals surface area contributed by atoms with Crippen molar-refractivity contribution < 1.29 is 8.60 Å². The molecule has 1 aliphatic heterocycles. The first-order valence-electron chi connectivity index (χ1n) is 10.7. The Bertz CT molecular complexity index is 1250. The van der Waals surface area contributed by atoms with Crippen LogP contribution in [0.5, 0.6) is 0 Å². The molecule has 1 aliphatic carbocycles. The van der Waals surface area contributed by atoms with E-state index in [1.807, 2.05) is 16.7 Å². The van der Waals surface area contributed by atoms with Gasteiger partial charge in [-0.1, -0.05) is 6.92 Å². The van der Waals surface area contributed by atoms with Gasteiger partial charge in [-0.25, -0.2) is 23.7 Å². The van der Waals surface area contributed by atoms with Gasteiger partial charge in [0.05, 0.1) is 12.2 Å². The summed E-state index contributed by atoms with van der Waals surface area (Å²) in [4.78, 5) is 15.8. The van der Waals surface area contributed by atoms with Gasteiger partial charge in [0.2, 0.25) is 0 Å². The van der Waals surface area contributed by atoms with Crippen molar-refractivity contribution in [3.8, 4) is 11.5 Å². The lowest BCUT2D eigenvalue weighted by molar-refractivity contribution is 0.402. The van der Waals surface area contributed by atoms with E-state index in [9.17, 15) is 8.60 Å². The number of imidazole rings is 1. The molecule has 0 N–H and O–H groups in total. The van der Waals surface area contributed by atoms with E-state index in [0.717, 1.165) is 42.9 Å². The van der Waals surface area contributed by atoms with E-state index >= 15 is 0 Å². The van der Waals surface area contributed by atoms with Crippen molar-refractivity contribution in [2.24, 2.45) is 10.3 Å². The molecule has 0 bridgehead atoms. The Morgan fingerprint density at radius 2 is 2.03 bits per heavy atom. The van der Waals surface area contributed by atoms with Crippen LogP contribution in [0.2, 0.25) is 0 Å². The second-order valence-corrected chi connectivity index (χ2v) is 11.7. The highest BCUT2D eigenvalue weighted by Gasteiger charge is 2.28. The molecule has 3 aromatic rings. The zero-order valence-electron chi connectivity index (χ0n) is 18.0. The molecular weight excluding hydrogens is 415 g/mol. The average molecular weight is 443 g/mol. The molecular formula is C22H27FN6OS. The maximum Gasteiger partial charge on any atom is 0.180 e. The number of fused-ring (bicyclic) bond motifs is 1. The maximum atomic E-state index is 14.4. The highest BCUT2D eigenvalue weighted by molar-refractivity contribution is 7.92. The van der Waals surface area contributed by atoms with E-state index in [4.69, 9.17) is 4.98 Å². The third-order valence-corrected chi connectivity index (χ3v) is 6.68. The number of anilines is 1. The summed E-state index contributed by atoms with van der Waals surface area (Å²) in [6.07, 6.45) is 11.6. The second kappa shape index (κ2) is 7.55. The zero-order chi connectivity index (χ0) is 21.8. The number of hydrogen-bond donors (Lipinski definition) is 0. The first kappa shape index (κ1) is 20.4. The van der Waals surface area contributed by atoms with Gasteiger partial charge in [-0.05, 0) is 37.2 Å². The van der Waals surface area contributed by atoms with E-state index in [0.29, 0.717) is 29.9 Å². The van der Waals surface area contributed by atoms with Crippen LogP contribution in [-0.2, 0) is 9.73 Å². The number of nitrogens with zero attached hydrogens (tertiary/aromatic N) is 6. The summed E-state index contributed by atoms with van der Waals surface area (Å²) in [6, 6.07) is 3.41. The Morgan fingerprint density at radius 3 is 2.77 bits per heavy atom. The fourth-order valence-corrected chi connectivity index (χ4v) is 5.34. The first-order chi connectivity index (χ1) is 14.8. The largest absolute Gasteiger partial charge is 0.354 e. The van der Waals surface area contributed by atoms with E-state index in [-0.39, 0.29) is 11.9 Å². The molecule has 9 heteroatoms. The molecule has 0 unspecified atom stereocenters. The molecule has 2 aliphatic rings. The van der Waals surface area contributed by atoms with Crippen molar-refractivity contribution in [2.75, 3.05) is 30.5 Å². The van der Waals surface area contributed by atoms with Gasteiger partial charge >= 0.3 is 0 Å². The smallest absolute Gasteiger partial charge is 0.180 e. The van der Waals surface area contributed by atoms with E-state index in [2.05, 4.69) is 26.2 Å². The molecule has 7 nitrogen and oxygen atoms in total. The van der Waals surface area contributed by atoms with Crippen molar-refractivity contribution in [2.45, 2.75) is 38.1 Å². The topological polar surface area (TPSA) is 75.8 Å². The van der Waals surface area contributed by atoms with Crippen LogP contribution < -0.4 is 4.90 Å². The lowest BCUT2D eigenvalue weighted by atomic mass is 9.97. The van der Waals surface area contributed by atoms with E-state index in [1.54, 1.807) is 24.9 Å². The van der Waals surface area contributed by atoms with Gasteiger partial charge in [-0.15, -0.1) is 0 Å². The summed E-state index contributed by atoms with van der Waals surface area (Å²) >= 11 is 0. The normalized spacial score (nSPS) is 22.1. The number of hydrogen-bond acceptors (Lipinski definition) is 6. The third kappa shape index (κ3) is 4.28.